The van der Waals surface area contributed by atoms with Crippen LogP contribution in [-0.2, 0) is 27.6 Å². The van der Waals surface area contributed by atoms with Crippen LogP contribution in [0.25, 0.3) is 10.9 Å². The van der Waals surface area contributed by atoms with Gasteiger partial charge in [-0.3, -0.25) is 19.4 Å². The minimum Gasteiger partial charge on any atom is -0.396 e. The van der Waals surface area contributed by atoms with Crippen molar-refractivity contribution in [1.29, 1.82) is 0 Å². The number of aliphatic hydroxyl groups is 1. The van der Waals surface area contributed by atoms with Crippen molar-refractivity contribution >= 4 is 26.6 Å². The minimum atomic E-state index is -3.88. The zero-order chi connectivity index (χ0) is 24.9. The highest BCUT2D eigenvalue weighted by atomic mass is 32.2. The number of aromatic nitrogens is 2. The number of carbonyl (C=O) groups excluding carboxylic acids is 1. The largest absolute Gasteiger partial charge is 0.396 e. The summed E-state index contributed by atoms with van der Waals surface area (Å²) in [5.74, 6) is 5.02. The van der Waals surface area contributed by atoms with Gasteiger partial charge in [0.05, 0.1) is 17.2 Å². The number of amides is 1. The monoisotopic (exact) mass is 483 g/mol. The van der Waals surface area contributed by atoms with Crippen molar-refractivity contribution in [3.05, 3.63) is 75.8 Å². The molecule has 3 aromatic rings. The maximum atomic E-state index is 12.9. The number of hydrogen-bond acceptors (Lipinski definition) is 7. The Morgan fingerprint density at radius 1 is 1.15 bits per heavy atom. The summed E-state index contributed by atoms with van der Waals surface area (Å²) in [5.41, 5.74) is 3.94. The van der Waals surface area contributed by atoms with Gasteiger partial charge in [-0.1, -0.05) is 24.0 Å². The topological polar surface area (TPSA) is 139 Å². The summed E-state index contributed by atoms with van der Waals surface area (Å²) in [6.07, 6.45) is 2.55. The lowest BCUT2D eigenvalue weighted by Crippen LogP contribution is -2.50. The van der Waals surface area contributed by atoms with Gasteiger partial charge in [0.25, 0.3) is 11.5 Å². The lowest BCUT2D eigenvalue weighted by molar-refractivity contribution is -0.131. The number of carbonyl (C=O) groups is 1. The van der Waals surface area contributed by atoms with E-state index in [0.717, 1.165) is 17.4 Å². The predicted molar refractivity (Wildman–Crippen MR) is 127 cm³/mol. The quantitative estimate of drug-likeness (QED) is 0.259. The molecule has 0 aliphatic rings. The normalized spacial score (nSPS) is 13.1. The van der Waals surface area contributed by atoms with Crippen LogP contribution in [0, 0.1) is 11.8 Å². The van der Waals surface area contributed by atoms with Crippen LogP contribution in [0.4, 0.5) is 0 Å². The number of nitrogens with zero attached hydrogens (tertiary/aromatic N) is 2. The van der Waals surface area contributed by atoms with Crippen molar-refractivity contribution in [3.63, 3.8) is 0 Å². The summed E-state index contributed by atoms with van der Waals surface area (Å²) < 4.78 is 23.6. The highest BCUT2D eigenvalue weighted by Gasteiger charge is 2.43. The highest BCUT2D eigenvalue weighted by molar-refractivity contribution is 7.92. The third-order valence-corrected chi connectivity index (χ3v) is 7.79. The van der Waals surface area contributed by atoms with Crippen LogP contribution in [-0.4, -0.2) is 51.8 Å². The van der Waals surface area contributed by atoms with Crippen molar-refractivity contribution in [1.82, 2.24) is 15.0 Å². The smallest absolute Gasteiger partial charge is 0.264 e. The molecule has 0 fully saturated rings. The molecule has 178 valence electrons. The molecule has 0 unspecified atom stereocenters. The van der Waals surface area contributed by atoms with Gasteiger partial charge < -0.3 is 5.11 Å². The Labute approximate surface area is 197 Å². The fraction of sp³-hybridized carbons (Fsp3) is 0.292. The molecule has 3 N–H and O–H groups in total. The molecule has 2 aromatic carbocycles. The summed E-state index contributed by atoms with van der Waals surface area (Å²) in [6.45, 7) is 1.19. The van der Waals surface area contributed by atoms with Gasteiger partial charge >= 0.3 is 0 Å². The Balaban J connectivity index is 1.84. The summed E-state index contributed by atoms with van der Waals surface area (Å²) in [5, 5.41) is 18.3. The minimum absolute atomic E-state index is 0.0891. The van der Waals surface area contributed by atoms with Crippen molar-refractivity contribution in [2.45, 2.75) is 31.1 Å². The molecule has 0 radical (unpaired) electrons. The summed E-state index contributed by atoms with van der Waals surface area (Å²) in [7, 11) is -3.88. The number of benzene rings is 2. The molecule has 3 rings (SSSR count). The number of rotatable bonds is 7. The van der Waals surface area contributed by atoms with Gasteiger partial charge in [-0.05, 0) is 55.7 Å². The summed E-state index contributed by atoms with van der Waals surface area (Å²) >= 11 is 0. The van der Waals surface area contributed by atoms with E-state index in [4.69, 9.17) is 10.3 Å². The molecule has 9 nitrogen and oxygen atoms in total. The fourth-order valence-corrected chi connectivity index (χ4v) is 4.19. The zero-order valence-corrected chi connectivity index (χ0v) is 19.6. The maximum Gasteiger partial charge on any atom is 0.264 e. The number of hydroxylamine groups is 1. The molecule has 0 aliphatic carbocycles. The number of hydrogen-bond donors (Lipinski definition) is 3. The molecule has 0 aliphatic heterocycles. The van der Waals surface area contributed by atoms with E-state index < -0.39 is 20.5 Å². The molecule has 1 aromatic heterocycles. The number of fused-ring (bicyclic) bond motifs is 1. The van der Waals surface area contributed by atoms with Crippen LogP contribution in [0.2, 0.25) is 0 Å². The summed E-state index contributed by atoms with van der Waals surface area (Å²) in [6, 6.07) is 12.5. The molecule has 0 saturated heterocycles. The second kappa shape index (κ2) is 10.2. The van der Waals surface area contributed by atoms with Gasteiger partial charge in [-0.2, -0.15) is 0 Å². The Bertz CT molecular complexity index is 1440. The van der Waals surface area contributed by atoms with Gasteiger partial charge in [0.15, 0.2) is 14.6 Å². The van der Waals surface area contributed by atoms with E-state index in [1.54, 1.807) is 18.2 Å². The molecule has 10 heteroatoms. The standard InChI is InChI=1S/C24H25N3O6S/c1-24(23(30)26-31,34(2,32)33)12-13-27-16-25-21-15-19(9-10-20(21)22(27)29)8-7-17-3-5-18(6-4-17)11-14-28/h3-6,9-10,15-16,28,31H,11-14H2,1-2H3,(H,26,30)/t24-/m1/s1. The average Bonchev–Trinajstić information content (AvgIpc) is 2.82. The second-order valence-corrected chi connectivity index (χ2v) is 10.5. The van der Waals surface area contributed by atoms with E-state index in [1.807, 2.05) is 24.3 Å². The zero-order valence-electron chi connectivity index (χ0n) is 18.8. The van der Waals surface area contributed by atoms with Crippen LogP contribution < -0.4 is 11.0 Å². The van der Waals surface area contributed by atoms with Gasteiger partial charge in [0, 0.05) is 30.5 Å². The molecule has 34 heavy (non-hydrogen) atoms. The molecule has 0 spiro atoms. The molecule has 0 bridgehead atoms. The van der Waals surface area contributed by atoms with Gasteiger partial charge in [-0.15, -0.1) is 0 Å². The average molecular weight is 484 g/mol. The summed E-state index contributed by atoms with van der Waals surface area (Å²) in [4.78, 5) is 29.1. The number of sulfone groups is 1. The van der Waals surface area contributed by atoms with E-state index in [2.05, 4.69) is 16.8 Å². The van der Waals surface area contributed by atoms with Crippen molar-refractivity contribution in [3.8, 4) is 11.8 Å². The first kappa shape index (κ1) is 25.1. The van der Waals surface area contributed by atoms with Gasteiger partial charge in [-0.25, -0.2) is 18.9 Å². The number of aryl methyl sites for hydroxylation is 1. The molecule has 0 saturated carbocycles. The first-order chi connectivity index (χ1) is 16.1. The SMILES string of the molecule is C[C@@](CCn1cnc2cc(C#Cc3ccc(CCO)cc3)ccc2c1=O)(C(=O)NO)S(C)(=O)=O. The molecular formula is C24H25N3O6S. The number of nitrogens with one attached hydrogen (secondary N) is 1. The Hall–Kier alpha value is -3.52. The van der Waals surface area contributed by atoms with E-state index in [1.165, 1.54) is 23.3 Å². The molecule has 1 heterocycles. The van der Waals surface area contributed by atoms with Crippen LogP contribution >= 0.6 is 0 Å². The lowest BCUT2D eigenvalue weighted by atomic mass is 10.1. The fourth-order valence-electron chi connectivity index (χ4n) is 3.34. The van der Waals surface area contributed by atoms with E-state index in [-0.39, 0.29) is 25.1 Å². The van der Waals surface area contributed by atoms with Crippen molar-refractivity contribution in [2.75, 3.05) is 12.9 Å². The van der Waals surface area contributed by atoms with E-state index in [9.17, 15) is 18.0 Å². The van der Waals surface area contributed by atoms with Crippen LogP contribution in [0.3, 0.4) is 0 Å². The number of aliphatic hydroxyl groups excluding tert-OH is 1. The Morgan fingerprint density at radius 3 is 2.41 bits per heavy atom. The van der Waals surface area contributed by atoms with Crippen LogP contribution in [0.5, 0.6) is 0 Å². The van der Waals surface area contributed by atoms with E-state index >= 15 is 0 Å². The molecule has 1 atom stereocenters. The predicted octanol–water partition coefficient (Wildman–Crippen LogP) is 1.03. The van der Waals surface area contributed by atoms with Gasteiger partial charge in [0.1, 0.15) is 0 Å². The van der Waals surface area contributed by atoms with Crippen LogP contribution in [0.15, 0.2) is 53.6 Å². The third kappa shape index (κ3) is 5.34. The van der Waals surface area contributed by atoms with E-state index in [0.29, 0.717) is 22.9 Å². The maximum absolute atomic E-state index is 12.9. The first-order valence-electron chi connectivity index (χ1n) is 10.4. The lowest BCUT2D eigenvalue weighted by Gasteiger charge is -2.25. The van der Waals surface area contributed by atoms with Crippen molar-refractivity contribution < 1.29 is 23.5 Å². The molecular weight excluding hydrogens is 458 g/mol. The van der Waals surface area contributed by atoms with Crippen molar-refractivity contribution in [2.24, 2.45) is 0 Å². The second-order valence-electron chi connectivity index (χ2n) is 8.09. The molecule has 1 amide bonds. The van der Waals surface area contributed by atoms with Gasteiger partial charge in [0.2, 0.25) is 0 Å². The third-order valence-electron chi connectivity index (χ3n) is 5.76. The Morgan fingerprint density at radius 2 is 1.79 bits per heavy atom. The van der Waals surface area contributed by atoms with Crippen LogP contribution in [0.1, 0.15) is 30.0 Å². The first-order valence-corrected chi connectivity index (χ1v) is 12.3. The highest BCUT2D eigenvalue weighted by Crippen LogP contribution is 2.22. The Kier molecular flexibility index (Phi) is 7.51.